The van der Waals surface area contributed by atoms with Crippen molar-refractivity contribution in [2.45, 2.75) is 43.9 Å². The van der Waals surface area contributed by atoms with Gasteiger partial charge >= 0.3 is 18.2 Å². The first kappa shape index (κ1) is 20.1. The fourth-order valence-electron chi connectivity index (χ4n) is 3.18. The summed E-state index contributed by atoms with van der Waals surface area (Å²) < 4.78 is 33.4. The Kier molecular flexibility index (Phi) is 6.50. The normalized spacial score (nSPS) is 31.8. The number of rotatable bonds is 5. The summed E-state index contributed by atoms with van der Waals surface area (Å²) in [6, 6.07) is 9.22. The highest BCUT2D eigenvalue weighted by Gasteiger charge is 2.53. The minimum Gasteiger partial charge on any atom is -0.455 e. The molecule has 10 nitrogen and oxygen atoms in total. The summed E-state index contributed by atoms with van der Waals surface area (Å²) in [6.07, 6.45) is -4.74. The van der Waals surface area contributed by atoms with Crippen molar-refractivity contribution in [3.05, 3.63) is 41.4 Å². The fourth-order valence-corrected chi connectivity index (χ4v) is 3.18. The average molecular weight is 392 g/mol. The van der Waals surface area contributed by atoms with Gasteiger partial charge in [-0.1, -0.05) is 30.3 Å². The number of hydrogen-bond acceptors (Lipinski definition) is 8. The van der Waals surface area contributed by atoms with E-state index in [1.54, 1.807) is 0 Å². The number of nitrogens with zero attached hydrogens (tertiary/aromatic N) is 2. The third kappa shape index (κ3) is 4.44. The first-order chi connectivity index (χ1) is 13.5. The van der Waals surface area contributed by atoms with Gasteiger partial charge in [0.05, 0.1) is 6.61 Å². The number of esters is 2. The van der Waals surface area contributed by atoms with E-state index in [2.05, 4.69) is 4.79 Å². The van der Waals surface area contributed by atoms with Crippen molar-refractivity contribution in [1.29, 1.82) is 0 Å². The number of hydrogen-bond donors (Lipinski definition) is 0. The number of carbonyl (C=O) groups excluding carboxylic acids is 2. The maximum Gasteiger partial charge on any atom is 0.414 e. The van der Waals surface area contributed by atoms with Gasteiger partial charge in [-0.25, -0.2) is 4.79 Å². The lowest BCUT2D eigenvalue weighted by Gasteiger charge is -2.47. The molecule has 3 rings (SSSR count). The molecule has 0 saturated carbocycles. The van der Waals surface area contributed by atoms with Gasteiger partial charge in [0.1, 0.15) is 12.2 Å². The maximum absolute atomic E-state index is 11.8. The van der Waals surface area contributed by atoms with Gasteiger partial charge in [0.15, 0.2) is 24.8 Å². The van der Waals surface area contributed by atoms with Crippen molar-refractivity contribution in [1.82, 2.24) is 0 Å². The molecule has 0 aliphatic carbocycles. The van der Waals surface area contributed by atoms with Gasteiger partial charge in [-0.2, -0.15) is 4.79 Å². The zero-order chi connectivity index (χ0) is 20.1. The second-order valence-corrected chi connectivity index (χ2v) is 6.18. The molecule has 2 fully saturated rings. The lowest BCUT2D eigenvalue weighted by molar-refractivity contribution is -0.359. The number of carbonyl (C=O) groups is 2. The third-order valence-corrected chi connectivity index (χ3v) is 4.31. The second-order valence-electron chi connectivity index (χ2n) is 6.18. The van der Waals surface area contributed by atoms with E-state index in [0.717, 1.165) is 5.56 Å². The number of benzene rings is 1. The first-order valence-corrected chi connectivity index (χ1v) is 8.59. The molecule has 10 heteroatoms. The van der Waals surface area contributed by atoms with Crippen molar-refractivity contribution in [3.8, 4) is 0 Å². The van der Waals surface area contributed by atoms with Crippen molar-refractivity contribution in [3.63, 3.8) is 0 Å². The summed E-state index contributed by atoms with van der Waals surface area (Å²) in [4.78, 5) is 26.1. The largest absolute Gasteiger partial charge is 0.455 e. The Hall–Kier alpha value is -2.62. The molecule has 0 N–H and O–H groups in total. The highest BCUT2D eigenvalue weighted by Crippen LogP contribution is 2.36. The quantitative estimate of drug-likeness (QED) is 0.309. The van der Waals surface area contributed by atoms with E-state index in [0.29, 0.717) is 6.21 Å². The monoisotopic (exact) mass is 392 g/mol. The third-order valence-electron chi connectivity index (χ3n) is 4.31. The molecule has 1 aromatic rings. The van der Waals surface area contributed by atoms with Crippen LogP contribution in [-0.2, 0) is 38.0 Å². The molecule has 0 amide bonds. The summed E-state index contributed by atoms with van der Waals surface area (Å²) in [5.74, 6) is -1.55. The summed E-state index contributed by atoms with van der Waals surface area (Å²) in [5.41, 5.74) is 9.30. The Bertz CT molecular complexity index is 751. The van der Waals surface area contributed by atoms with E-state index in [1.165, 1.54) is 14.0 Å². The molecular formula is C18H20N2O8. The molecule has 0 bridgehead atoms. The smallest absolute Gasteiger partial charge is 0.414 e. The van der Waals surface area contributed by atoms with Crippen LogP contribution in [0.2, 0.25) is 0 Å². The van der Waals surface area contributed by atoms with Gasteiger partial charge in [-0.15, -0.1) is 0 Å². The Morgan fingerprint density at radius 2 is 1.93 bits per heavy atom. The number of methoxy groups -OCH3 is 1. The van der Waals surface area contributed by atoms with Crippen LogP contribution in [0.1, 0.15) is 18.8 Å². The average Bonchev–Trinajstić information content (AvgIpc) is 2.69. The topological polar surface area (TPSA) is 126 Å². The minimum atomic E-state index is -1.14. The molecule has 0 radical (unpaired) electrons. The van der Waals surface area contributed by atoms with Crippen LogP contribution in [0.25, 0.3) is 5.53 Å². The Morgan fingerprint density at radius 3 is 2.57 bits per heavy atom. The maximum atomic E-state index is 11.8. The Balaban J connectivity index is 1.87. The van der Waals surface area contributed by atoms with Crippen molar-refractivity contribution >= 4 is 18.2 Å². The van der Waals surface area contributed by atoms with E-state index in [4.69, 9.17) is 34.0 Å². The molecule has 150 valence electrons. The van der Waals surface area contributed by atoms with Crippen LogP contribution < -0.4 is 0 Å². The molecule has 6 atom stereocenters. The van der Waals surface area contributed by atoms with Gasteiger partial charge in [0, 0.05) is 19.6 Å². The summed E-state index contributed by atoms with van der Waals surface area (Å²) in [6.45, 7) is 1.38. The SMILES string of the molecule is CO[C@@H]1O[C@@H]2CO[C@@H](c3ccccc3)O[C@H]2[C@H](OC(C)=O)[C@H]1OC(=O)C=[N+]=[N-]. The van der Waals surface area contributed by atoms with E-state index >= 15 is 0 Å². The fraction of sp³-hybridized carbons (Fsp3) is 0.500. The highest BCUT2D eigenvalue weighted by molar-refractivity contribution is 6.20. The van der Waals surface area contributed by atoms with Crippen LogP contribution in [-0.4, -0.2) is 67.4 Å². The van der Waals surface area contributed by atoms with E-state index < -0.39 is 48.9 Å². The molecule has 1 aromatic carbocycles. The first-order valence-electron chi connectivity index (χ1n) is 8.59. The van der Waals surface area contributed by atoms with Crippen molar-refractivity contribution in [2.75, 3.05) is 13.7 Å². The zero-order valence-electron chi connectivity index (χ0n) is 15.3. The molecule has 2 aliphatic rings. The molecule has 2 heterocycles. The van der Waals surface area contributed by atoms with Crippen molar-refractivity contribution < 1.29 is 42.8 Å². The summed E-state index contributed by atoms with van der Waals surface area (Å²) in [5, 5.41) is 0. The van der Waals surface area contributed by atoms with Crippen LogP contribution >= 0.6 is 0 Å². The van der Waals surface area contributed by atoms with Gasteiger partial charge in [0.25, 0.3) is 0 Å². The van der Waals surface area contributed by atoms with Crippen molar-refractivity contribution in [2.24, 2.45) is 0 Å². The van der Waals surface area contributed by atoms with Gasteiger partial charge < -0.3 is 34.0 Å². The van der Waals surface area contributed by atoms with Crippen LogP contribution in [0.3, 0.4) is 0 Å². The Labute approximate surface area is 160 Å². The second kappa shape index (κ2) is 9.05. The molecule has 0 aromatic heterocycles. The molecular weight excluding hydrogens is 372 g/mol. The van der Waals surface area contributed by atoms with Crippen LogP contribution in [0.5, 0.6) is 0 Å². The molecule has 0 unspecified atom stereocenters. The summed E-state index contributed by atoms with van der Waals surface area (Å²) in [7, 11) is 1.36. The van der Waals surface area contributed by atoms with Gasteiger partial charge in [0.2, 0.25) is 0 Å². The lowest BCUT2D eigenvalue weighted by atomic mass is 9.97. The van der Waals surface area contributed by atoms with Crippen LogP contribution in [0.4, 0.5) is 0 Å². The molecule has 0 spiro atoms. The van der Waals surface area contributed by atoms with E-state index in [-0.39, 0.29) is 6.61 Å². The Morgan fingerprint density at radius 1 is 1.18 bits per heavy atom. The van der Waals surface area contributed by atoms with E-state index in [1.807, 2.05) is 30.3 Å². The lowest BCUT2D eigenvalue weighted by Crippen LogP contribution is -2.64. The highest BCUT2D eigenvalue weighted by atomic mass is 16.8. The number of fused-ring (bicyclic) bond motifs is 1. The van der Waals surface area contributed by atoms with E-state index in [9.17, 15) is 9.59 Å². The number of ether oxygens (including phenoxy) is 6. The predicted octanol–water partition coefficient (Wildman–Crippen LogP) is 0.616. The van der Waals surface area contributed by atoms with Crippen LogP contribution in [0, 0.1) is 0 Å². The molecule has 28 heavy (non-hydrogen) atoms. The van der Waals surface area contributed by atoms with Gasteiger partial charge in [-0.3, -0.25) is 4.79 Å². The predicted molar refractivity (Wildman–Crippen MR) is 90.8 cm³/mol. The van der Waals surface area contributed by atoms with Gasteiger partial charge in [-0.05, 0) is 0 Å². The standard InChI is InChI=1S/C18H20N2O8/c1-10(21)25-15-14-12(9-24-17(28-14)11-6-4-3-5-7-11)26-18(23-2)16(15)27-13(22)8-20-19/h3-8,12,14-18H,9H2,1-2H3/t12-,14-,15+,16-,17-,18-/m1/s1. The van der Waals surface area contributed by atoms with Crippen LogP contribution in [0.15, 0.2) is 30.3 Å². The summed E-state index contributed by atoms with van der Waals surface area (Å²) >= 11 is 0. The minimum absolute atomic E-state index is 0.153. The molecule has 2 saturated heterocycles. The molecule has 2 aliphatic heterocycles. The zero-order valence-corrected chi connectivity index (χ0v) is 15.3.